The number of piperidine rings is 1. The third-order valence-electron chi connectivity index (χ3n) is 10.1. The third-order valence-corrected chi connectivity index (χ3v) is 11.0. The first-order valence-corrected chi connectivity index (χ1v) is 15.4. The van der Waals surface area contributed by atoms with Crippen molar-refractivity contribution >= 4 is 39.7 Å². The van der Waals surface area contributed by atoms with Crippen LogP contribution in [0.3, 0.4) is 0 Å². The van der Waals surface area contributed by atoms with E-state index in [1.807, 2.05) is 28.9 Å². The number of hydrogen-bond acceptors (Lipinski definition) is 6. The van der Waals surface area contributed by atoms with Crippen LogP contribution in [0.2, 0.25) is 0 Å². The van der Waals surface area contributed by atoms with Crippen LogP contribution in [0.25, 0.3) is 4.96 Å². The molecule has 2 aliphatic heterocycles. The van der Waals surface area contributed by atoms with Gasteiger partial charge >= 0.3 is 0 Å². The highest BCUT2D eigenvalue weighted by Crippen LogP contribution is 2.70. The summed E-state index contributed by atoms with van der Waals surface area (Å²) in [6, 6.07) is 5.60. The quantitative estimate of drug-likeness (QED) is 0.359. The highest BCUT2D eigenvalue weighted by Gasteiger charge is 2.63. The molecule has 5 aliphatic rings. The summed E-state index contributed by atoms with van der Waals surface area (Å²) in [7, 11) is 0. The lowest BCUT2D eigenvalue weighted by Gasteiger charge is -2.34. The van der Waals surface area contributed by atoms with Crippen LogP contribution >= 0.6 is 11.3 Å². The molecule has 0 radical (unpaired) electrons. The van der Waals surface area contributed by atoms with Gasteiger partial charge in [0.2, 0.25) is 5.91 Å². The van der Waals surface area contributed by atoms with Gasteiger partial charge < -0.3 is 10.2 Å². The number of hydrogen-bond donors (Lipinski definition) is 1. The fraction of sp³-hybridized carbons (Fsp3) is 0.484. The number of thiazole rings is 1. The van der Waals surface area contributed by atoms with Gasteiger partial charge in [0.1, 0.15) is 0 Å². The second-order valence-electron chi connectivity index (χ2n) is 12.4. The zero-order valence-corrected chi connectivity index (χ0v) is 23.5. The summed E-state index contributed by atoms with van der Waals surface area (Å²) >= 11 is 1.63. The summed E-state index contributed by atoms with van der Waals surface area (Å²) in [5.74, 6) is 0.973. The van der Waals surface area contributed by atoms with Crippen LogP contribution in [-0.4, -0.2) is 51.6 Å². The summed E-state index contributed by atoms with van der Waals surface area (Å²) in [6.45, 7) is 4.25. The Morgan fingerprint density at radius 2 is 2.05 bits per heavy atom. The second kappa shape index (κ2) is 8.77. The number of nitrogens with one attached hydrogen (secondary N) is 1. The minimum atomic E-state index is -0.186. The Balaban J connectivity index is 0.963. The van der Waals surface area contributed by atoms with Crippen molar-refractivity contribution in [1.29, 1.82) is 0 Å². The molecule has 4 atom stereocenters. The molecule has 9 heteroatoms. The SMILES string of the molecule is Cc1cn2cc(CNC(=O)[C@@H]3CCCN(c4cccc5c4C(=O)N(C[C@@H]4C[C@@H]6C=C[C@@H]4C64CC4)C5=O)C3)nc2s1. The molecular formula is C31H33N5O3S. The van der Waals surface area contributed by atoms with E-state index in [1.165, 1.54) is 22.6 Å². The van der Waals surface area contributed by atoms with Gasteiger partial charge in [-0.3, -0.25) is 23.7 Å². The van der Waals surface area contributed by atoms with Gasteiger partial charge in [-0.25, -0.2) is 4.98 Å². The van der Waals surface area contributed by atoms with Crippen LogP contribution in [0.1, 0.15) is 63.4 Å². The maximum absolute atomic E-state index is 13.8. The number of benzene rings is 1. The first-order valence-electron chi connectivity index (χ1n) is 14.6. The number of aromatic nitrogens is 2. The van der Waals surface area contributed by atoms with Gasteiger partial charge in [0.25, 0.3) is 11.8 Å². The number of nitrogens with zero attached hydrogens (tertiary/aromatic N) is 4. The van der Waals surface area contributed by atoms with Crippen molar-refractivity contribution in [1.82, 2.24) is 19.6 Å². The number of imidazole rings is 1. The van der Waals surface area contributed by atoms with E-state index in [-0.39, 0.29) is 23.6 Å². The fourth-order valence-electron chi connectivity index (χ4n) is 8.09. The van der Waals surface area contributed by atoms with Crippen molar-refractivity contribution in [3.05, 3.63) is 64.4 Å². The highest BCUT2D eigenvalue weighted by atomic mass is 32.1. The summed E-state index contributed by atoms with van der Waals surface area (Å²) < 4.78 is 2.00. The number of imide groups is 1. The molecular weight excluding hydrogens is 522 g/mol. The van der Waals surface area contributed by atoms with Crippen LogP contribution in [0.15, 0.2) is 42.7 Å². The zero-order valence-electron chi connectivity index (χ0n) is 22.6. The van der Waals surface area contributed by atoms with Gasteiger partial charge in [-0.15, -0.1) is 11.3 Å². The Kier molecular flexibility index (Phi) is 5.34. The number of carbonyl (C=O) groups excluding carboxylic acids is 3. The highest BCUT2D eigenvalue weighted by molar-refractivity contribution is 7.16. The lowest BCUT2D eigenvalue weighted by atomic mass is 9.88. The van der Waals surface area contributed by atoms with E-state index in [0.29, 0.717) is 53.9 Å². The number of fused-ring (bicyclic) bond motifs is 2. The molecule has 3 aliphatic carbocycles. The van der Waals surface area contributed by atoms with E-state index in [2.05, 4.69) is 34.3 Å². The van der Waals surface area contributed by atoms with Crippen molar-refractivity contribution in [3.8, 4) is 0 Å². The summed E-state index contributed by atoms with van der Waals surface area (Å²) in [6.07, 6.45) is 14.0. The van der Waals surface area contributed by atoms with Gasteiger partial charge in [0, 0.05) is 36.9 Å². The van der Waals surface area contributed by atoms with Gasteiger partial charge in [0.15, 0.2) is 4.96 Å². The first-order chi connectivity index (χ1) is 19.4. The Morgan fingerprint density at radius 1 is 1.18 bits per heavy atom. The molecule has 3 amide bonds. The average molecular weight is 556 g/mol. The number of amides is 3. The van der Waals surface area contributed by atoms with Gasteiger partial charge in [0.05, 0.1) is 35.0 Å². The molecule has 1 aromatic carbocycles. The van der Waals surface area contributed by atoms with Gasteiger partial charge in [-0.1, -0.05) is 18.2 Å². The lowest BCUT2D eigenvalue weighted by molar-refractivity contribution is -0.125. The number of allylic oxidation sites excluding steroid dienone is 2. The van der Waals surface area contributed by atoms with E-state index >= 15 is 0 Å². The van der Waals surface area contributed by atoms with Crippen LogP contribution in [-0.2, 0) is 11.3 Å². The predicted molar refractivity (Wildman–Crippen MR) is 152 cm³/mol. The fourth-order valence-corrected chi connectivity index (χ4v) is 8.92. The lowest BCUT2D eigenvalue weighted by Crippen LogP contribution is -2.43. The Labute approximate surface area is 237 Å². The van der Waals surface area contributed by atoms with Crippen molar-refractivity contribution in [2.24, 2.45) is 29.1 Å². The summed E-state index contributed by atoms with van der Waals surface area (Å²) in [5.41, 5.74) is 3.08. The molecule has 206 valence electrons. The van der Waals surface area contributed by atoms with Crippen molar-refractivity contribution < 1.29 is 14.4 Å². The van der Waals surface area contributed by atoms with Crippen LogP contribution < -0.4 is 10.2 Å². The summed E-state index contributed by atoms with van der Waals surface area (Å²) in [4.78, 5) is 50.8. The van der Waals surface area contributed by atoms with Crippen LogP contribution in [0, 0.1) is 36.0 Å². The molecule has 0 unspecified atom stereocenters. The second-order valence-corrected chi connectivity index (χ2v) is 13.6. The molecule has 2 bridgehead atoms. The molecule has 2 aromatic heterocycles. The Bertz CT molecular complexity index is 1570. The largest absolute Gasteiger partial charge is 0.370 e. The van der Waals surface area contributed by atoms with E-state index < -0.39 is 0 Å². The predicted octanol–water partition coefficient (Wildman–Crippen LogP) is 4.44. The van der Waals surface area contributed by atoms with E-state index in [1.54, 1.807) is 17.4 Å². The van der Waals surface area contributed by atoms with E-state index in [4.69, 9.17) is 0 Å². The molecule has 3 aromatic rings. The molecule has 8 nitrogen and oxygen atoms in total. The molecule has 2 saturated carbocycles. The molecule has 1 spiro atoms. The minimum Gasteiger partial charge on any atom is -0.370 e. The number of carbonyl (C=O) groups is 3. The van der Waals surface area contributed by atoms with Crippen molar-refractivity contribution in [2.45, 2.75) is 45.6 Å². The third kappa shape index (κ3) is 3.62. The molecule has 4 heterocycles. The van der Waals surface area contributed by atoms with Crippen LogP contribution in [0.4, 0.5) is 5.69 Å². The van der Waals surface area contributed by atoms with E-state index in [0.717, 1.165) is 42.1 Å². The topological polar surface area (TPSA) is 87.0 Å². The molecule has 40 heavy (non-hydrogen) atoms. The summed E-state index contributed by atoms with van der Waals surface area (Å²) in [5, 5.41) is 3.07. The van der Waals surface area contributed by atoms with Gasteiger partial charge in [-0.2, -0.15) is 0 Å². The maximum Gasteiger partial charge on any atom is 0.263 e. The normalized spacial score (nSPS) is 27.8. The monoisotopic (exact) mass is 555 g/mol. The zero-order chi connectivity index (χ0) is 27.2. The Hall–Kier alpha value is -3.46. The maximum atomic E-state index is 13.8. The van der Waals surface area contributed by atoms with Gasteiger partial charge in [-0.05, 0) is 74.3 Å². The Morgan fingerprint density at radius 3 is 2.85 bits per heavy atom. The smallest absolute Gasteiger partial charge is 0.263 e. The molecule has 8 rings (SSSR count). The van der Waals surface area contributed by atoms with Crippen molar-refractivity contribution in [2.75, 3.05) is 24.5 Å². The first kappa shape index (κ1) is 24.3. The molecule has 3 fully saturated rings. The number of anilines is 1. The molecule has 1 N–H and O–H groups in total. The van der Waals surface area contributed by atoms with Crippen LogP contribution in [0.5, 0.6) is 0 Å². The number of rotatable bonds is 6. The number of aryl methyl sites for hydroxylation is 1. The standard InChI is InChI=1S/C31H33N5O3S/c1-18-14-35-17-22(33-30(35)40-18)13-32-27(37)19-4-3-11-34(15-19)25-6-2-5-23-26(25)29(39)36(28(23)38)16-20-12-21-7-8-24(20)31(21)9-10-31/h2,5-8,14,17,19-21,24H,3-4,9-13,15-16H2,1H3,(H,32,37)/t19-,20+,21+,24+/m1/s1. The minimum absolute atomic E-state index is 0.00665. The average Bonchev–Trinajstić information content (AvgIpc) is 3.10. The van der Waals surface area contributed by atoms with Crippen molar-refractivity contribution in [3.63, 3.8) is 0 Å². The molecule has 1 saturated heterocycles. The van der Waals surface area contributed by atoms with E-state index in [9.17, 15) is 14.4 Å².